The summed E-state index contributed by atoms with van der Waals surface area (Å²) >= 11 is 0. The van der Waals surface area contributed by atoms with Gasteiger partial charge in [-0.25, -0.2) is 0 Å². The van der Waals surface area contributed by atoms with Crippen molar-refractivity contribution in [3.8, 4) is 11.5 Å². The molecule has 1 unspecified atom stereocenters. The molecule has 0 saturated carbocycles. The minimum absolute atomic E-state index is 0.0728. The third-order valence-electron chi connectivity index (χ3n) is 5.26. The number of hydrogen-bond donors (Lipinski definition) is 1. The predicted octanol–water partition coefficient (Wildman–Crippen LogP) is 1.28. The van der Waals surface area contributed by atoms with Gasteiger partial charge in [0.1, 0.15) is 5.56 Å². The van der Waals surface area contributed by atoms with Crippen LogP contribution in [0.1, 0.15) is 34.8 Å². The maximum absolute atomic E-state index is 13.1. The van der Waals surface area contributed by atoms with Crippen LogP contribution in [-0.2, 0) is 11.3 Å². The Morgan fingerprint density at radius 1 is 1.21 bits per heavy atom. The summed E-state index contributed by atoms with van der Waals surface area (Å²) in [5.74, 6) is 0.926. The van der Waals surface area contributed by atoms with Crippen LogP contribution in [0.5, 0.6) is 11.5 Å². The number of aromatic nitrogens is 1. The normalized spacial score (nSPS) is 17.4. The number of rotatable bonds is 4. The molecule has 0 spiro atoms. The summed E-state index contributed by atoms with van der Waals surface area (Å²) in [5.41, 5.74) is 1.38. The molecule has 1 N–H and O–H groups in total. The number of fused-ring (bicyclic) bond motifs is 1. The van der Waals surface area contributed by atoms with Crippen LogP contribution >= 0.6 is 0 Å². The molecule has 0 bridgehead atoms. The van der Waals surface area contributed by atoms with Crippen molar-refractivity contribution in [1.82, 2.24) is 14.8 Å². The molecular formula is C21H23N3O5. The fraction of sp³-hybridized carbons (Fsp3) is 0.381. The second-order valence-corrected chi connectivity index (χ2v) is 7.43. The van der Waals surface area contributed by atoms with E-state index in [2.05, 4.69) is 5.32 Å². The second-order valence-electron chi connectivity index (χ2n) is 7.43. The Kier molecular flexibility index (Phi) is 5.00. The van der Waals surface area contributed by atoms with Gasteiger partial charge in [-0.1, -0.05) is 6.07 Å². The maximum atomic E-state index is 13.1. The highest BCUT2D eigenvalue weighted by molar-refractivity contribution is 5.95. The molecule has 0 aliphatic carbocycles. The van der Waals surface area contributed by atoms with Gasteiger partial charge in [0.15, 0.2) is 11.5 Å². The summed E-state index contributed by atoms with van der Waals surface area (Å²) < 4.78 is 12.2. The minimum Gasteiger partial charge on any atom is -0.454 e. The van der Waals surface area contributed by atoms with Gasteiger partial charge >= 0.3 is 0 Å². The second kappa shape index (κ2) is 7.62. The number of nitrogens with zero attached hydrogens (tertiary/aromatic N) is 2. The first kappa shape index (κ1) is 19.0. The quantitative estimate of drug-likeness (QED) is 0.840. The number of hydrogen-bond acceptors (Lipinski definition) is 5. The molecule has 1 aromatic heterocycles. The molecule has 2 aliphatic heterocycles. The smallest absolute Gasteiger partial charge is 0.263 e. The lowest BCUT2D eigenvalue weighted by atomic mass is 10.1. The summed E-state index contributed by atoms with van der Waals surface area (Å²) in [6.45, 7) is 4.66. The van der Waals surface area contributed by atoms with Gasteiger partial charge < -0.3 is 24.3 Å². The number of carbonyl (C=O) groups excluding carboxylic acids is 2. The molecule has 4 rings (SSSR count). The summed E-state index contributed by atoms with van der Waals surface area (Å²) in [6.07, 6.45) is 2.38. The summed E-state index contributed by atoms with van der Waals surface area (Å²) in [7, 11) is 0. The fourth-order valence-electron chi connectivity index (χ4n) is 3.79. The van der Waals surface area contributed by atoms with Crippen LogP contribution in [0, 0.1) is 6.92 Å². The van der Waals surface area contributed by atoms with Crippen molar-refractivity contribution in [2.24, 2.45) is 0 Å². The molecule has 8 nitrogen and oxygen atoms in total. The zero-order chi connectivity index (χ0) is 20.5. The lowest BCUT2D eigenvalue weighted by molar-refractivity contribution is -0.119. The first-order chi connectivity index (χ1) is 13.9. The number of ether oxygens (including phenoxy) is 2. The van der Waals surface area contributed by atoms with Crippen LogP contribution in [0.3, 0.4) is 0 Å². The third kappa shape index (κ3) is 3.83. The monoisotopic (exact) mass is 397 g/mol. The Morgan fingerprint density at radius 3 is 2.79 bits per heavy atom. The molecule has 2 aliphatic rings. The Balaban J connectivity index is 1.56. The van der Waals surface area contributed by atoms with Crippen LogP contribution < -0.4 is 20.3 Å². The Morgan fingerprint density at radius 2 is 2.00 bits per heavy atom. The highest BCUT2D eigenvalue weighted by atomic mass is 16.7. The molecule has 1 aromatic carbocycles. The number of nitrogens with one attached hydrogen (secondary N) is 1. The number of aryl methyl sites for hydroxylation is 1. The van der Waals surface area contributed by atoms with Crippen LogP contribution in [0.25, 0.3) is 0 Å². The first-order valence-corrected chi connectivity index (χ1v) is 9.57. The third-order valence-corrected chi connectivity index (χ3v) is 5.26. The van der Waals surface area contributed by atoms with E-state index in [9.17, 15) is 14.4 Å². The van der Waals surface area contributed by atoms with Crippen molar-refractivity contribution < 1.29 is 19.1 Å². The van der Waals surface area contributed by atoms with Gasteiger partial charge in [0.2, 0.25) is 12.7 Å². The number of carbonyl (C=O) groups is 2. The van der Waals surface area contributed by atoms with Gasteiger partial charge in [0.25, 0.3) is 11.5 Å². The minimum atomic E-state index is -0.323. The number of pyridine rings is 1. The van der Waals surface area contributed by atoms with E-state index in [4.69, 9.17) is 9.47 Å². The lowest BCUT2D eigenvalue weighted by Crippen LogP contribution is -2.39. The zero-order valence-electron chi connectivity index (χ0n) is 16.4. The summed E-state index contributed by atoms with van der Waals surface area (Å²) in [6, 6.07) is 7.24. The fourth-order valence-corrected chi connectivity index (χ4v) is 3.79. The maximum Gasteiger partial charge on any atom is 0.263 e. The van der Waals surface area contributed by atoms with Gasteiger partial charge in [0, 0.05) is 32.3 Å². The van der Waals surface area contributed by atoms with Crippen LogP contribution in [0.4, 0.5) is 0 Å². The SMILES string of the molecule is CC(=O)NC1CCN(C(=O)c2c(C)ccn(Cc3ccc4c(c3)OCO4)c2=O)C1. The van der Waals surface area contributed by atoms with E-state index in [1.807, 2.05) is 18.2 Å². The van der Waals surface area contributed by atoms with E-state index in [1.165, 1.54) is 11.5 Å². The number of amides is 2. The average molecular weight is 397 g/mol. The van der Waals surface area contributed by atoms with Crippen molar-refractivity contribution in [1.29, 1.82) is 0 Å². The largest absolute Gasteiger partial charge is 0.454 e. The Hall–Kier alpha value is -3.29. The van der Waals surface area contributed by atoms with Gasteiger partial charge in [-0.2, -0.15) is 0 Å². The molecule has 0 radical (unpaired) electrons. The van der Waals surface area contributed by atoms with E-state index in [0.717, 1.165) is 5.56 Å². The van der Waals surface area contributed by atoms with Gasteiger partial charge in [-0.05, 0) is 42.7 Å². The van der Waals surface area contributed by atoms with Crippen LogP contribution in [0.15, 0.2) is 35.3 Å². The van der Waals surface area contributed by atoms with Gasteiger partial charge in [-0.15, -0.1) is 0 Å². The van der Waals surface area contributed by atoms with E-state index in [1.54, 1.807) is 24.1 Å². The van der Waals surface area contributed by atoms with E-state index in [-0.39, 0.29) is 35.8 Å². The predicted molar refractivity (Wildman–Crippen MR) is 105 cm³/mol. The molecule has 29 heavy (non-hydrogen) atoms. The van der Waals surface area contributed by atoms with Gasteiger partial charge in [-0.3, -0.25) is 14.4 Å². The highest BCUT2D eigenvalue weighted by Crippen LogP contribution is 2.32. The standard InChI is InChI=1S/C21H23N3O5/c1-13-5-7-23(10-15-3-4-17-18(9-15)29-12-28-17)20(26)19(13)21(27)24-8-6-16(11-24)22-14(2)25/h3-5,7,9,16H,6,8,10-12H2,1-2H3,(H,22,25). The molecule has 1 fully saturated rings. The lowest BCUT2D eigenvalue weighted by Gasteiger charge is -2.18. The molecule has 8 heteroatoms. The molecule has 2 aromatic rings. The first-order valence-electron chi connectivity index (χ1n) is 9.57. The van der Waals surface area contributed by atoms with Crippen LogP contribution in [0.2, 0.25) is 0 Å². The van der Waals surface area contributed by atoms with Crippen molar-refractivity contribution in [3.05, 3.63) is 57.5 Å². The van der Waals surface area contributed by atoms with E-state index in [0.29, 0.717) is 43.1 Å². The molecule has 3 heterocycles. The topological polar surface area (TPSA) is 89.9 Å². The zero-order valence-corrected chi connectivity index (χ0v) is 16.4. The van der Waals surface area contributed by atoms with E-state index < -0.39 is 0 Å². The van der Waals surface area contributed by atoms with Crippen molar-refractivity contribution >= 4 is 11.8 Å². The Bertz CT molecular complexity index is 1030. The Labute approximate surface area is 168 Å². The molecule has 2 amide bonds. The summed E-state index contributed by atoms with van der Waals surface area (Å²) in [5, 5.41) is 2.83. The molecule has 1 saturated heterocycles. The highest BCUT2D eigenvalue weighted by Gasteiger charge is 2.30. The molecule has 152 valence electrons. The van der Waals surface area contributed by atoms with Crippen LogP contribution in [-0.4, -0.2) is 47.2 Å². The van der Waals surface area contributed by atoms with E-state index >= 15 is 0 Å². The molecular weight excluding hydrogens is 374 g/mol. The summed E-state index contributed by atoms with van der Waals surface area (Å²) in [4.78, 5) is 39.0. The van der Waals surface area contributed by atoms with Crippen molar-refractivity contribution in [3.63, 3.8) is 0 Å². The average Bonchev–Trinajstić information content (AvgIpc) is 3.32. The van der Waals surface area contributed by atoms with Crippen molar-refractivity contribution in [2.75, 3.05) is 19.9 Å². The molecule has 1 atom stereocenters. The number of benzene rings is 1. The number of likely N-dealkylation sites (tertiary alicyclic amines) is 1. The van der Waals surface area contributed by atoms with Crippen molar-refractivity contribution in [2.45, 2.75) is 32.9 Å². The van der Waals surface area contributed by atoms with Gasteiger partial charge in [0.05, 0.1) is 6.54 Å².